The second-order valence-electron chi connectivity index (χ2n) is 5.70. The molecular formula is C18H21N3O2S. The molecule has 0 aliphatic rings. The number of nitrogens with one attached hydrogen (secondary N) is 1. The van der Waals surface area contributed by atoms with Crippen molar-refractivity contribution in [1.82, 2.24) is 10.3 Å². The van der Waals surface area contributed by atoms with E-state index in [1.807, 2.05) is 24.3 Å². The number of hydrogen-bond acceptors (Lipinski definition) is 5. The van der Waals surface area contributed by atoms with Crippen LogP contribution in [0.25, 0.3) is 21.0 Å². The van der Waals surface area contributed by atoms with E-state index in [2.05, 4.69) is 17.2 Å². The highest BCUT2D eigenvalue weighted by Gasteiger charge is 2.17. The summed E-state index contributed by atoms with van der Waals surface area (Å²) in [5, 5.41) is 3.71. The monoisotopic (exact) mass is 343 g/mol. The average molecular weight is 343 g/mol. The molecule has 0 fully saturated rings. The third-order valence-corrected chi connectivity index (χ3v) is 4.91. The number of nitrogens with zero attached hydrogens (tertiary/aromatic N) is 1. The number of para-hydroxylation sites is 1. The first-order chi connectivity index (χ1) is 11.7. The van der Waals surface area contributed by atoms with Crippen LogP contribution >= 0.6 is 11.3 Å². The fraction of sp³-hybridized carbons (Fsp3) is 0.333. The summed E-state index contributed by atoms with van der Waals surface area (Å²) in [6.07, 6.45) is 3.00. The third-order valence-electron chi connectivity index (χ3n) is 3.86. The smallest absolute Gasteiger partial charge is 0.287 e. The highest BCUT2D eigenvalue weighted by atomic mass is 32.1. The predicted molar refractivity (Wildman–Crippen MR) is 97.2 cm³/mol. The molecule has 5 nitrogen and oxygen atoms in total. The summed E-state index contributed by atoms with van der Waals surface area (Å²) in [7, 11) is 0. The van der Waals surface area contributed by atoms with E-state index in [0.29, 0.717) is 18.1 Å². The van der Waals surface area contributed by atoms with Crippen LogP contribution < -0.4 is 11.1 Å². The molecule has 3 aromatic rings. The Hall–Kier alpha value is -2.18. The van der Waals surface area contributed by atoms with E-state index in [1.54, 1.807) is 23.5 Å². The molecule has 24 heavy (non-hydrogen) atoms. The van der Waals surface area contributed by atoms with Crippen molar-refractivity contribution in [2.24, 2.45) is 5.73 Å². The number of nitrogens with two attached hydrogens (primary N) is 1. The molecule has 0 aliphatic carbocycles. The molecule has 2 aromatic heterocycles. The number of benzene rings is 1. The molecule has 1 unspecified atom stereocenters. The van der Waals surface area contributed by atoms with Crippen molar-refractivity contribution >= 4 is 27.5 Å². The van der Waals surface area contributed by atoms with Gasteiger partial charge in [-0.3, -0.25) is 4.79 Å². The fourth-order valence-electron chi connectivity index (χ4n) is 2.51. The molecule has 0 radical (unpaired) electrons. The van der Waals surface area contributed by atoms with Crippen molar-refractivity contribution in [2.75, 3.05) is 6.54 Å². The standard InChI is InChI=1S/C18H21N3O2S/c1-2-3-6-12(11-19)20-17(22)14-9-10-15(23-14)18-21-13-7-4-5-8-16(13)24-18/h4-5,7-10,12H,2-3,6,11,19H2,1H3,(H,20,22). The van der Waals surface area contributed by atoms with Gasteiger partial charge in [0.25, 0.3) is 5.91 Å². The summed E-state index contributed by atoms with van der Waals surface area (Å²) in [6, 6.07) is 11.4. The first-order valence-electron chi connectivity index (χ1n) is 8.18. The maximum atomic E-state index is 12.3. The van der Waals surface area contributed by atoms with Gasteiger partial charge in [0.2, 0.25) is 0 Å². The molecule has 1 atom stereocenters. The lowest BCUT2D eigenvalue weighted by Gasteiger charge is -2.15. The Kier molecular flexibility index (Phi) is 5.27. The third kappa shape index (κ3) is 3.66. The molecule has 6 heteroatoms. The number of thiazole rings is 1. The van der Waals surface area contributed by atoms with Gasteiger partial charge in [0, 0.05) is 12.6 Å². The summed E-state index contributed by atoms with van der Waals surface area (Å²) in [5.74, 6) is 0.673. The summed E-state index contributed by atoms with van der Waals surface area (Å²) >= 11 is 1.55. The van der Waals surface area contributed by atoms with Crippen molar-refractivity contribution in [3.63, 3.8) is 0 Å². The summed E-state index contributed by atoms with van der Waals surface area (Å²) < 4.78 is 6.80. The minimum atomic E-state index is -0.228. The number of unbranched alkanes of at least 4 members (excludes halogenated alkanes) is 1. The molecule has 126 valence electrons. The number of rotatable bonds is 7. The van der Waals surface area contributed by atoms with E-state index < -0.39 is 0 Å². The number of fused-ring (bicyclic) bond motifs is 1. The van der Waals surface area contributed by atoms with Gasteiger partial charge in [-0.1, -0.05) is 31.9 Å². The van der Waals surface area contributed by atoms with Crippen molar-refractivity contribution in [3.05, 3.63) is 42.2 Å². The van der Waals surface area contributed by atoms with Gasteiger partial charge in [0.1, 0.15) is 0 Å². The van der Waals surface area contributed by atoms with Gasteiger partial charge in [0.05, 0.1) is 10.2 Å². The minimum absolute atomic E-state index is 0.0200. The number of furan rings is 1. The Morgan fingerprint density at radius 1 is 1.33 bits per heavy atom. The number of carbonyl (C=O) groups excluding carboxylic acids is 1. The molecule has 3 rings (SSSR count). The zero-order valence-corrected chi connectivity index (χ0v) is 14.4. The SMILES string of the molecule is CCCCC(CN)NC(=O)c1ccc(-c2nc3ccccc3s2)o1. The number of hydrogen-bond donors (Lipinski definition) is 2. The summed E-state index contributed by atoms with van der Waals surface area (Å²) in [6.45, 7) is 2.55. The largest absolute Gasteiger partial charge is 0.448 e. The highest BCUT2D eigenvalue weighted by Crippen LogP contribution is 2.31. The van der Waals surface area contributed by atoms with E-state index in [4.69, 9.17) is 10.2 Å². The molecule has 3 N–H and O–H groups in total. The number of carbonyl (C=O) groups is 1. The minimum Gasteiger partial charge on any atom is -0.448 e. The molecule has 2 heterocycles. The van der Waals surface area contributed by atoms with Gasteiger partial charge < -0.3 is 15.5 Å². The van der Waals surface area contributed by atoms with Gasteiger partial charge in [-0.2, -0.15) is 0 Å². The van der Waals surface area contributed by atoms with Crippen molar-refractivity contribution < 1.29 is 9.21 Å². The van der Waals surface area contributed by atoms with Crippen LogP contribution in [0.4, 0.5) is 0 Å². The molecule has 1 aromatic carbocycles. The predicted octanol–water partition coefficient (Wildman–Crippen LogP) is 3.80. The van der Waals surface area contributed by atoms with Gasteiger partial charge >= 0.3 is 0 Å². The Morgan fingerprint density at radius 2 is 2.17 bits per heavy atom. The molecule has 0 saturated carbocycles. The van der Waals surface area contributed by atoms with Gasteiger partial charge in [-0.15, -0.1) is 11.3 Å². The molecule has 0 aliphatic heterocycles. The summed E-state index contributed by atoms with van der Waals surface area (Å²) in [5.41, 5.74) is 6.66. The zero-order chi connectivity index (χ0) is 16.9. The maximum Gasteiger partial charge on any atom is 0.287 e. The van der Waals surface area contributed by atoms with Gasteiger partial charge in [0.15, 0.2) is 16.5 Å². The Balaban J connectivity index is 1.73. The lowest BCUT2D eigenvalue weighted by Crippen LogP contribution is -2.40. The highest BCUT2D eigenvalue weighted by molar-refractivity contribution is 7.21. The van der Waals surface area contributed by atoms with Crippen LogP contribution in [0.5, 0.6) is 0 Å². The molecular weight excluding hydrogens is 322 g/mol. The van der Waals surface area contributed by atoms with Crippen LogP contribution in [-0.2, 0) is 0 Å². The average Bonchev–Trinajstić information content (AvgIpc) is 3.24. The maximum absolute atomic E-state index is 12.3. The first kappa shape index (κ1) is 16.7. The van der Waals surface area contributed by atoms with Crippen molar-refractivity contribution in [3.8, 4) is 10.8 Å². The Labute approximate surface area is 144 Å². The Bertz CT molecular complexity index is 791. The van der Waals surface area contributed by atoms with E-state index in [0.717, 1.165) is 34.5 Å². The van der Waals surface area contributed by atoms with Crippen LogP contribution in [0.15, 0.2) is 40.8 Å². The molecule has 1 amide bonds. The van der Waals surface area contributed by atoms with Crippen LogP contribution in [0, 0.1) is 0 Å². The van der Waals surface area contributed by atoms with Crippen LogP contribution in [-0.4, -0.2) is 23.5 Å². The van der Waals surface area contributed by atoms with E-state index >= 15 is 0 Å². The molecule has 0 bridgehead atoms. The van der Waals surface area contributed by atoms with Crippen molar-refractivity contribution in [1.29, 1.82) is 0 Å². The second-order valence-corrected chi connectivity index (χ2v) is 6.73. The van der Waals surface area contributed by atoms with Crippen LogP contribution in [0.3, 0.4) is 0 Å². The topological polar surface area (TPSA) is 81.1 Å². The lowest BCUT2D eigenvalue weighted by atomic mass is 10.1. The zero-order valence-electron chi connectivity index (χ0n) is 13.6. The quantitative estimate of drug-likeness (QED) is 0.683. The van der Waals surface area contributed by atoms with Crippen LogP contribution in [0.2, 0.25) is 0 Å². The first-order valence-corrected chi connectivity index (χ1v) is 8.99. The van der Waals surface area contributed by atoms with E-state index in [1.165, 1.54) is 0 Å². The Morgan fingerprint density at radius 3 is 2.92 bits per heavy atom. The van der Waals surface area contributed by atoms with Gasteiger partial charge in [-0.25, -0.2) is 4.98 Å². The summed E-state index contributed by atoms with van der Waals surface area (Å²) in [4.78, 5) is 16.9. The molecule has 0 spiro atoms. The number of amides is 1. The lowest BCUT2D eigenvalue weighted by molar-refractivity contribution is 0.0908. The second kappa shape index (κ2) is 7.59. The van der Waals surface area contributed by atoms with Gasteiger partial charge in [-0.05, 0) is 30.7 Å². The van der Waals surface area contributed by atoms with E-state index in [-0.39, 0.29) is 11.9 Å². The number of aromatic nitrogens is 1. The normalized spacial score (nSPS) is 12.4. The van der Waals surface area contributed by atoms with E-state index in [9.17, 15) is 4.79 Å². The molecule has 0 saturated heterocycles. The fourth-order valence-corrected chi connectivity index (χ4v) is 3.44. The van der Waals surface area contributed by atoms with Crippen LogP contribution in [0.1, 0.15) is 36.7 Å². The van der Waals surface area contributed by atoms with Crippen molar-refractivity contribution in [2.45, 2.75) is 32.2 Å².